The fourth-order valence-corrected chi connectivity index (χ4v) is 3.19. The Morgan fingerprint density at radius 1 is 1.16 bits per heavy atom. The van der Waals surface area contributed by atoms with Gasteiger partial charge in [-0.15, -0.1) is 0 Å². The lowest BCUT2D eigenvalue weighted by molar-refractivity contribution is -0.0216. The molecule has 0 unspecified atom stereocenters. The summed E-state index contributed by atoms with van der Waals surface area (Å²) < 4.78 is 6.04. The molecule has 0 heterocycles. The first-order valence-corrected chi connectivity index (χ1v) is 7.57. The predicted octanol–water partition coefficient (Wildman–Crippen LogP) is 5.12. The normalized spacial score (nSPS) is 18.7. The van der Waals surface area contributed by atoms with Crippen molar-refractivity contribution in [2.24, 2.45) is 10.8 Å². The van der Waals surface area contributed by atoms with Crippen LogP contribution in [0.5, 0.6) is 0 Å². The second-order valence-electron chi connectivity index (χ2n) is 7.07. The molecule has 0 aromatic heterocycles. The summed E-state index contributed by atoms with van der Waals surface area (Å²) in [7, 11) is 0. The van der Waals surface area contributed by atoms with E-state index in [2.05, 4.69) is 52.0 Å². The zero-order chi connectivity index (χ0) is 13.9. The Balaban J connectivity index is 1.90. The zero-order valence-electron chi connectivity index (χ0n) is 13.0. The summed E-state index contributed by atoms with van der Waals surface area (Å²) in [6, 6.07) is 8.50. The van der Waals surface area contributed by atoms with Gasteiger partial charge in [-0.05, 0) is 41.7 Å². The standard InChI is InChI=1S/C18H28O/c1-15-9-5-6-10-16(15)13-19-14-17(2,3)18(4)11-7-8-12-18/h5-6,9-10H,7-8,11-14H2,1-4H3. The second-order valence-corrected chi connectivity index (χ2v) is 7.07. The van der Waals surface area contributed by atoms with Gasteiger partial charge in [0.15, 0.2) is 0 Å². The highest BCUT2D eigenvalue weighted by Crippen LogP contribution is 2.51. The van der Waals surface area contributed by atoms with Gasteiger partial charge in [-0.2, -0.15) is 0 Å². The Kier molecular flexibility index (Phi) is 4.35. The Morgan fingerprint density at radius 2 is 1.79 bits per heavy atom. The molecule has 0 aliphatic heterocycles. The topological polar surface area (TPSA) is 9.23 Å². The van der Waals surface area contributed by atoms with Crippen molar-refractivity contribution in [3.63, 3.8) is 0 Å². The second kappa shape index (κ2) is 5.66. The molecule has 19 heavy (non-hydrogen) atoms. The summed E-state index contributed by atoms with van der Waals surface area (Å²) in [5.74, 6) is 0. The third kappa shape index (κ3) is 3.20. The molecule has 2 rings (SSSR count). The number of ether oxygens (including phenoxy) is 1. The molecular formula is C18H28O. The third-order valence-corrected chi connectivity index (χ3v) is 5.32. The molecule has 0 N–H and O–H groups in total. The van der Waals surface area contributed by atoms with E-state index in [4.69, 9.17) is 4.74 Å². The molecule has 0 spiro atoms. The van der Waals surface area contributed by atoms with Crippen molar-refractivity contribution in [2.75, 3.05) is 6.61 Å². The van der Waals surface area contributed by atoms with Crippen LogP contribution in [0.3, 0.4) is 0 Å². The maximum atomic E-state index is 6.04. The first-order chi connectivity index (χ1) is 8.95. The van der Waals surface area contributed by atoms with Crippen LogP contribution in [-0.2, 0) is 11.3 Å². The minimum atomic E-state index is 0.270. The molecule has 1 saturated carbocycles. The molecular weight excluding hydrogens is 232 g/mol. The maximum absolute atomic E-state index is 6.04. The molecule has 1 nitrogen and oxygen atoms in total. The Bertz CT molecular complexity index is 413. The molecule has 0 amide bonds. The molecule has 1 aromatic rings. The molecule has 1 aliphatic carbocycles. The predicted molar refractivity (Wildman–Crippen MR) is 81.2 cm³/mol. The van der Waals surface area contributed by atoms with Crippen molar-refractivity contribution < 1.29 is 4.74 Å². The number of hydrogen-bond acceptors (Lipinski definition) is 1. The van der Waals surface area contributed by atoms with Gasteiger partial charge in [0, 0.05) is 0 Å². The van der Waals surface area contributed by atoms with E-state index < -0.39 is 0 Å². The van der Waals surface area contributed by atoms with Crippen LogP contribution < -0.4 is 0 Å². The summed E-state index contributed by atoms with van der Waals surface area (Å²) in [5, 5.41) is 0. The van der Waals surface area contributed by atoms with Crippen molar-refractivity contribution in [2.45, 2.75) is 60.0 Å². The minimum Gasteiger partial charge on any atom is -0.376 e. The lowest BCUT2D eigenvalue weighted by Gasteiger charge is -2.41. The van der Waals surface area contributed by atoms with Crippen molar-refractivity contribution in [3.05, 3.63) is 35.4 Å². The zero-order valence-corrected chi connectivity index (χ0v) is 13.0. The van der Waals surface area contributed by atoms with E-state index in [1.54, 1.807) is 0 Å². The molecule has 1 heteroatoms. The van der Waals surface area contributed by atoms with Crippen LogP contribution in [0.25, 0.3) is 0 Å². The SMILES string of the molecule is Cc1ccccc1COCC(C)(C)C1(C)CCCC1. The largest absolute Gasteiger partial charge is 0.376 e. The van der Waals surface area contributed by atoms with Gasteiger partial charge in [0.1, 0.15) is 0 Å². The van der Waals surface area contributed by atoms with Gasteiger partial charge < -0.3 is 4.74 Å². The number of hydrogen-bond donors (Lipinski definition) is 0. The highest BCUT2D eigenvalue weighted by atomic mass is 16.5. The Labute approximate surface area is 118 Å². The van der Waals surface area contributed by atoms with E-state index in [1.165, 1.54) is 36.8 Å². The van der Waals surface area contributed by atoms with Crippen molar-refractivity contribution in [1.29, 1.82) is 0 Å². The van der Waals surface area contributed by atoms with Gasteiger partial charge in [-0.1, -0.05) is 57.9 Å². The van der Waals surface area contributed by atoms with Crippen LogP contribution in [0.1, 0.15) is 57.6 Å². The van der Waals surface area contributed by atoms with E-state index in [1.807, 2.05) is 0 Å². The molecule has 1 aromatic carbocycles. The maximum Gasteiger partial charge on any atom is 0.0719 e. The van der Waals surface area contributed by atoms with Crippen LogP contribution in [0, 0.1) is 17.8 Å². The first-order valence-electron chi connectivity index (χ1n) is 7.57. The van der Waals surface area contributed by atoms with Crippen LogP contribution in [0.2, 0.25) is 0 Å². The monoisotopic (exact) mass is 260 g/mol. The Morgan fingerprint density at radius 3 is 2.42 bits per heavy atom. The van der Waals surface area contributed by atoms with Crippen molar-refractivity contribution in [1.82, 2.24) is 0 Å². The van der Waals surface area contributed by atoms with E-state index in [0.29, 0.717) is 5.41 Å². The van der Waals surface area contributed by atoms with Gasteiger partial charge in [-0.3, -0.25) is 0 Å². The van der Waals surface area contributed by atoms with Crippen molar-refractivity contribution in [3.8, 4) is 0 Å². The molecule has 106 valence electrons. The summed E-state index contributed by atoms with van der Waals surface area (Å²) in [5.41, 5.74) is 3.37. The van der Waals surface area contributed by atoms with E-state index in [9.17, 15) is 0 Å². The van der Waals surface area contributed by atoms with Gasteiger partial charge in [-0.25, -0.2) is 0 Å². The fraction of sp³-hybridized carbons (Fsp3) is 0.667. The molecule has 1 aliphatic rings. The van der Waals surface area contributed by atoms with Crippen LogP contribution in [-0.4, -0.2) is 6.61 Å². The average molecular weight is 260 g/mol. The first kappa shape index (κ1) is 14.6. The molecule has 0 radical (unpaired) electrons. The molecule has 1 fully saturated rings. The molecule has 0 saturated heterocycles. The lowest BCUT2D eigenvalue weighted by Crippen LogP contribution is -2.36. The van der Waals surface area contributed by atoms with Crippen LogP contribution in [0.4, 0.5) is 0 Å². The summed E-state index contributed by atoms with van der Waals surface area (Å²) in [6.45, 7) is 10.9. The van der Waals surface area contributed by atoms with Gasteiger partial charge in [0.05, 0.1) is 13.2 Å². The van der Waals surface area contributed by atoms with Crippen LogP contribution in [0.15, 0.2) is 24.3 Å². The Hall–Kier alpha value is -0.820. The van der Waals surface area contributed by atoms with Crippen molar-refractivity contribution >= 4 is 0 Å². The minimum absolute atomic E-state index is 0.270. The quantitative estimate of drug-likeness (QED) is 0.714. The molecule has 0 atom stereocenters. The number of rotatable bonds is 5. The number of aryl methyl sites for hydroxylation is 1. The highest BCUT2D eigenvalue weighted by Gasteiger charge is 2.42. The summed E-state index contributed by atoms with van der Waals surface area (Å²) >= 11 is 0. The molecule has 0 bridgehead atoms. The number of benzene rings is 1. The summed E-state index contributed by atoms with van der Waals surface area (Å²) in [6.07, 6.45) is 5.48. The third-order valence-electron chi connectivity index (χ3n) is 5.32. The lowest BCUT2D eigenvalue weighted by atomic mass is 9.66. The van der Waals surface area contributed by atoms with Gasteiger partial charge in [0.25, 0.3) is 0 Å². The van der Waals surface area contributed by atoms with Gasteiger partial charge >= 0.3 is 0 Å². The highest BCUT2D eigenvalue weighted by molar-refractivity contribution is 5.24. The average Bonchev–Trinajstić information content (AvgIpc) is 2.80. The van der Waals surface area contributed by atoms with Gasteiger partial charge in [0.2, 0.25) is 0 Å². The van der Waals surface area contributed by atoms with E-state index in [0.717, 1.165) is 13.2 Å². The fourth-order valence-electron chi connectivity index (χ4n) is 3.19. The smallest absolute Gasteiger partial charge is 0.0719 e. The summed E-state index contributed by atoms with van der Waals surface area (Å²) in [4.78, 5) is 0. The van der Waals surface area contributed by atoms with Crippen LogP contribution >= 0.6 is 0 Å². The van der Waals surface area contributed by atoms with E-state index >= 15 is 0 Å². The van der Waals surface area contributed by atoms with E-state index in [-0.39, 0.29) is 5.41 Å².